The van der Waals surface area contributed by atoms with Crippen LogP contribution in [0.5, 0.6) is 0 Å². The van der Waals surface area contributed by atoms with Gasteiger partial charge in [0.2, 0.25) is 0 Å². The largest absolute Gasteiger partial charge is 0.0530 e. The van der Waals surface area contributed by atoms with Crippen molar-refractivity contribution in [2.24, 2.45) is 35.5 Å². The van der Waals surface area contributed by atoms with Crippen LogP contribution in [0.1, 0.15) is 70.6 Å². The predicted molar refractivity (Wildman–Crippen MR) is 71.7 cm³/mol. The Morgan fingerprint density at radius 1 is 0.471 bits per heavy atom. The molecule has 0 bridgehead atoms. The zero-order valence-corrected chi connectivity index (χ0v) is 11.2. The van der Waals surface area contributed by atoms with E-state index in [1.54, 1.807) is 70.6 Å². The molecule has 0 N–H and O–H groups in total. The fourth-order valence-electron chi connectivity index (χ4n) is 6.51. The fourth-order valence-corrected chi connectivity index (χ4v) is 6.51. The standard InChI is InChI=1S/C17H28/c1-2-9-15-13(5-1)11-14-8-3-6-12-7-4-10-16(15)17(12)14/h12-17H,1-11H2. The first-order valence-electron chi connectivity index (χ1n) is 8.43. The van der Waals surface area contributed by atoms with Gasteiger partial charge in [0.15, 0.2) is 0 Å². The molecule has 0 nitrogen and oxygen atoms in total. The highest BCUT2D eigenvalue weighted by Gasteiger charge is 2.49. The molecule has 0 spiro atoms. The molecule has 0 aliphatic heterocycles. The Bertz CT molecular complexity index is 280. The summed E-state index contributed by atoms with van der Waals surface area (Å²) in [5.41, 5.74) is 0. The van der Waals surface area contributed by atoms with Crippen LogP contribution in [-0.2, 0) is 0 Å². The molecule has 4 fully saturated rings. The molecule has 4 rings (SSSR count). The Kier molecular flexibility index (Phi) is 2.74. The van der Waals surface area contributed by atoms with E-state index in [0.717, 1.165) is 11.8 Å². The van der Waals surface area contributed by atoms with Crippen LogP contribution in [0.15, 0.2) is 0 Å². The van der Waals surface area contributed by atoms with Crippen LogP contribution in [0.4, 0.5) is 0 Å². The van der Waals surface area contributed by atoms with E-state index >= 15 is 0 Å². The summed E-state index contributed by atoms with van der Waals surface area (Å²) in [6.07, 6.45) is 17.5. The molecule has 0 aromatic heterocycles. The fraction of sp³-hybridized carbons (Fsp3) is 1.00. The molecule has 4 aliphatic carbocycles. The highest BCUT2D eigenvalue weighted by atomic mass is 14.5. The summed E-state index contributed by atoms with van der Waals surface area (Å²) in [6, 6.07) is 0. The lowest BCUT2D eigenvalue weighted by molar-refractivity contribution is -0.0656. The minimum absolute atomic E-state index is 1.16. The van der Waals surface area contributed by atoms with Crippen LogP contribution in [0, 0.1) is 35.5 Å². The van der Waals surface area contributed by atoms with Gasteiger partial charge in [0, 0.05) is 0 Å². The Morgan fingerprint density at radius 3 is 2.06 bits per heavy atom. The summed E-state index contributed by atoms with van der Waals surface area (Å²) in [5.74, 6) is 7.03. The topological polar surface area (TPSA) is 0 Å². The first kappa shape index (κ1) is 10.9. The van der Waals surface area contributed by atoms with E-state index in [1.165, 1.54) is 23.7 Å². The van der Waals surface area contributed by atoms with Crippen LogP contribution in [-0.4, -0.2) is 0 Å². The molecule has 4 saturated carbocycles. The quantitative estimate of drug-likeness (QED) is 0.549. The highest BCUT2D eigenvalue weighted by molar-refractivity contribution is 4.99. The van der Waals surface area contributed by atoms with E-state index in [1.807, 2.05) is 0 Å². The minimum Gasteiger partial charge on any atom is -0.0530 e. The Labute approximate surface area is 107 Å². The van der Waals surface area contributed by atoms with Gasteiger partial charge in [-0.2, -0.15) is 0 Å². The molecule has 6 atom stereocenters. The molecule has 0 heterocycles. The van der Waals surface area contributed by atoms with Crippen molar-refractivity contribution in [3.63, 3.8) is 0 Å². The second-order valence-electron chi connectivity index (χ2n) is 7.57. The maximum Gasteiger partial charge on any atom is -0.0326 e. The molecular formula is C17H28. The summed E-state index contributed by atoms with van der Waals surface area (Å²) in [7, 11) is 0. The van der Waals surface area contributed by atoms with Gasteiger partial charge >= 0.3 is 0 Å². The summed E-state index contributed by atoms with van der Waals surface area (Å²) in [5, 5.41) is 0. The Hall–Kier alpha value is 0. The number of rotatable bonds is 0. The van der Waals surface area contributed by atoms with Gasteiger partial charge in [-0.05, 0) is 54.8 Å². The summed E-state index contributed by atoms with van der Waals surface area (Å²) >= 11 is 0. The number of hydrogen-bond acceptors (Lipinski definition) is 0. The Morgan fingerprint density at radius 2 is 1.12 bits per heavy atom. The maximum absolute atomic E-state index is 1.64. The lowest BCUT2D eigenvalue weighted by atomic mass is 9.49. The van der Waals surface area contributed by atoms with E-state index in [2.05, 4.69) is 0 Å². The number of fused-ring (bicyclic) bond motifs is 2. The van der Waals surface area contributed by atoms with Crippen molar-refractivity contribution >= 4 is 0 Å². The molecule has 0 radical (unpaired) electrons. The van der Waals surface area contributed by atoms with Crippen LogP contribution in [0.3, 0.4) is 0 Å². The summed E-state index contributed by atoms with van der Waals surface area (Å²) < 4.78 is 0. The second-order valence-corrected chi connectivity index (χ2v) is 7.57. The molecule has 0 amide bonds. The molecule has 0 heteroatoms. The first-order chi connectivity index (χ1) is 8.43. The molecule has 17 heavy (non-hydrogen) atoms. The van der Waals surface area contributed by atoms with Gasteiger partial charge in [-0.25, -0.2) is 0 Å². The molecule has 4 aliphatic rings. The van der Waals surface area contributed by atoms with Gasteiger partial charge in [0.05, 0.1) is 0 Å². The maximum atomic E-state index is 1.64. The van der Waals surface area contributed by atoms with Gasteiger partial charge < -0.3 is 0 Å². The van der Waals surface area contributed by atoms with Gasteiger partial charge in [-0.15, -0.1) is 0 Å². The highest BCUT2D eigenvalue weighted by Crippen LogP contribution is 2.58. The third-order valence-corrected chi connectivity index (χ3v) is 6.97. The predicted octanol–water partition coefficient (Wildman–Crippen LogP) is 5.03. The Balaban J connectivity index is 1.63. The molecule has 96 valence electrons. The van der Waals surface area contributed by atoms with E-state index in [0.29, 0.717) is 0 Å². The molecule has 0 aromatic carbocycles. The van der Waals surface area contributed by atoms with Gasteiger partial charge in [-0.3, -0.25) is 0 Å². The van der Waals surface area contributed by atoms with Crippen molar-refractivity contribution in [2.75, 3.05) is 0 Å². The SMILES string of the molecule is C1CCC2C(C1)CC1CCCC3CCCC2C31. The van der Waals surface area contributed by atoms with E-state index in [9.17, 15) is 0 Å². The van der Waals surface area contributed by atoms with Gasteiger partial charge in [-0.1, -0.05) is 51.4 Å². The molecule has 0 aromatic rings. The van der Waals surface area contributed by atoms with Crippen LogP contribution >= 0.6 is 0 Å². The minimum atomic E-state index is 1.16. The molecule has 6 unspecified atom stereocenters. The van der Waals surface area contributed by atoms with Crippen LogP contribution in [0.2, 0.25) is 0 Å². The van der Waals surface area contributed by atoms with Crippen molar-refractivity contribution < 1.29 is 0 Å². The van der Waals surface area contributed by atoms with Crippen molar-refractivity contribution in [2.45, 2.75) is 70.6 Å². The zero-order valence-electron chi connectivity index (χ0n) is 11.2. The third-order valence-electron chi connectivity index (χ3n) is 6.97. The van der Waals surface area contributed by atoms with Crippen molar-refractivity contribution in [3.8, 4) is 0 Å². The lowest BCUT2D eigenvalue weighted by Gasteiger charge is -2.56. The third kappa shape index (κ3) is 1.70. The molecular weight excluding hydrogens is 204 g/mol. The average Bonchev–Trinajstić information content (AvgIpc) is 2.39. The van der Waals surface area contributed by atoms with Gasteiger partial charge in [0.25, 0.3) is 0 Å². The van der Waals surface area contributed by atoms with E-state index in [4.69, 9.17) is 0 Å². The van der Waals surface area contributed by atoms with Gasteiger partial charge in [0.1, 0.15) is 0 Å². The van der Waals surface area contributed by atoms with Crippen LogP contribution < -0.4 is 0 Å². The van der Waals surface area contributed by atoms with Crippen molar-refractivity contribution in [3.05, 3.63) is 0 Å². The monoisotopic (exact) mass is 232 g/mol. The first-order valence-corrected chi connectivity index (χ1v) is 8.43. The second kappa shape index (κ2) is 4.28. The summed E-state index contributed by atoms with van der Waals surface area (Å²) in [4.78, 5) is 0. The lowest BCUT2D eigenvalue weighted by Crippen LogP contribution is -2.48. The zero-order chi connectivity index (χ0) is 11.2. The van der Waals surface area contributed by atoms with Crippen molar-refractivity contribution in [1.29, 1.82) is 0 Å². The normalized spacial score (nSPS) is 53.6. The van der Waals surface area contributed by atoms with E-state index in [-0.39, 0.29) is 0 Å². The van der Waals surface area contributed by atoms with Crippen LogP contribution in [0.25, 0.3) is 0 Å². The van der Waals surface area contributed by atoms with Crippen molar-refractivity contribution in [1.82, 2.24) is 0 Å². The smallest absolute Gasteiger partial charge is 0.0326 e. The molecule has 0 saturated heterocycles. The summed E-state index contributed by atoms with van der Waals surface area (Å²) in [6.45, 7) is 0. The number of hydrogen-bond donors (Lipinski definition) is 0. The van der Waals surface area contributed by atoms with E-state index < -0.39 is 0 Å². The average molecular weight is 232 g/mol.